The Labute approximate surface area is 125 Å². The Morgan fingerprint density at radius 3 is 2.32 bits per heavy atom. The van der Waals surface area contributed by atoms with Crippen molar-refractivity contribution in [2.45, 2.75) is 6.54 Å². The fourth-order valence-corrected chi connectivity index (χ4v) is 2.51. The number of hydrogen-bond donors (Lipinski definition) is 2. The minimum Gasteiger partial charge on any atom is -0.506 e. The second-order valence-corrected chi connectivity index (χ2v) is 4.92. The Morgan fingerprint density at radius 1 is 1.00 bits per heavy atom. The summed E-state index contributed by atoms with van der Waals surface area (Å²) in [7, 11) is 0. The number of aromatic hydroxyl groups is 1. The lowest BCUT2D eigenvalue weighted by Gasteiger charge is -2.13. The van der Waals surface area contributed by atoms with Crippen molar-refractivity contribution in [2.24, 2.45) is 0 Å². The van der Waals surface area contributed by atoms with Crippen LogP contribution in [0.25, 0.3) is 10.9 Å². The number of rotatable bonds is 3. The van der Waals surface area contributed by atoms with Crippen LogP contribution in [0.5, 0.6) is 5.75 Å². The van der Waals surface area contributed by atoms with Crippen molar-refractivity contribution in [3.05, 3.63) is 76.1 Å². The van der Waals surface area contributed by atoms with Crippen LogP contribution < -0.4 is 5.56 Å². The number of hydrogen-bond acceptors (Lipinski definition) is 3. The minimum atomic E-state index is -1.44. The Hall–Kier alpha value is -3.08. The van der Waals surface area contributed by atoms with E-state index < -0.39 is 22.8 Å². The average Bonchev–Trinajstić information content (AvgIpc) is 2.52. The zero-order valence-electron chi connectivity index (χ0n) is 11.6. The van der Waals surface area contributed by atoms with E-state index in [4.69, 9.17) is 0 Å². The maximum absolute atomic E-state index is 12.5. The normalized spacial score (nSPS) is 10.7. The van der Waals surface area contributed by atoms with Crippen LogP contribution in [0.4, 0.5) is 0 Å². The monoisotopic (exact) mass is 295 g/mol. The number of carbonyl (C=O) groups is 1. The second kappa shape index (κ2) is 5.37. The van der Waals surface area contributed by atoms with Gasteiger partial charge in [-0.15, -0.1) is 0 Å². The lowest BCUT2D eigenvalue weighted by atomic mass is 10.1. The van der Waals surface area contributed by atoms with Crippen molar-refractivity contribution < 1.29 is 15.0 Å². The topological polar surface area (TPSA) is 79.5 Å². The van der Waals surface area contributed by atoms with Gasteiger partial charge >= 0.3 is 5.97 Å². The van der Waals surface area contributed by atoms with Crippen LogP contribution in [-0.2, 0) is 6.54 Å². The van der Waals surface area contributed by atoms with E-state index in [1.807, 2.05) is 30.3 Å². The number of carboxylic acids is 1. The van der Waals surface area contributed by atoms with Gasteiger partial charge in [0.2, 0.25) is 0 Å². The number of fused-ring (bicyclic) bond motifs is 1. The van der Waals surface area contributed by atoms with E-state index in [1.165, 1.54) is 4.57 Å². The highest BCUT2D eigenvalue weighted by Gasteiger charge is 2.21. The summed E-state index contributed by atoms with van der Waals surface area (Å²) in [5, 5.41) is 19.7. The third-order valence-electron chi connectivity index (χ3n) is 3.54. The first-order valence-electron chi connectivity index (χ1n) is 6.71. The van der Waals surface area contributed by atoms with E-state index in [-0.39, 0.29) is 6.54 Å². The van der Waals surface area contributed by atoms with Crippen molar-refractivity contribution in [3.63, 3.8) is 0 Å². The third-order valence-corrected chi connectivity index (χ3v) is 3.54. The lowest BCUT2D eigenvalue weighted by Crippen LogP contribution is -2.27. The van der Waals surface area contributed by atoms with Crippen molar-refractivity contribution in [2.75, 3.05) is 0 Å². The maximum Gasteiger partial charge on any atom is 0.345 e. The molecule has 2 aromatic carbocycles. The number of pyridine rings is 1. The van der Waals surface area contributed by atoms with Crippen LogP contribution in [0.3, 0.4) is 0 Å². The Bertz CT molecular complexity index is 913. The molecule has 0 aliphatic heterocycles. The van der Waals surface area contributed by atoms with Crippen molar-refractivity contribution >= 4 is 16.9 Å². The Morgan fingerprint density at radius 2 is 1.64 bits per heavy atom. The molecule has 0 radical (unpaired) electrons. The second-order valence-electron chi connectivity index (χ2n) is 4.92. The molecule has 0 amide bonds. The van der Waals surface area contributed by atoms with Crippen molar-refractivity contribution in [1.82, 2.24) is 4.57 Å². The van der Waals surface area contributed by atoms with E-state index in [9.17, 15) is 19.8 Å². The zero-order valence-corrected chi connectivity index (χ0v) is 11.6. The summed E-state index contributed by atoms with van der Waals surface area (Å²) < 4.78 is 1.37. The fourth-order valence-electron chi connectivity index (χ4n) is 2.51. The number of para-hydroxylation sites is 1. The molecule has 2 N–H and O–H groups in total. The van der Waals surface area contributed by atoms with Gasteiger partial charge in [0.1, 0.15) is 5.75 Å². The molecule has 0 unspecified atom stereocenters. The summed E-state index contributed by atoms with van der Waals surface area (Å²) in [6, 6.07) is 16.0. The van der Waals surface area contributed by atoms with Gasteiger partial charge in [-0.1, -0.05) is 42.5 Å². The predicted octanol–water partition coefficient (Wildman–Crippen LogP) is 2.45. The molecule has 0 spiro atoms. The summed E-state index contributed by atoms with van der Waals surface area (Å²) in [6.45, 7) is 0.237. The number of aromatic nitrogens is 1. The molecule has 0 atom stereocenters. The predicted molar refractivity (Wildman–Crippen MR) is 82.4 cm³/mol. The molecule has 0 aliphatic rings. The first kappa shape index (κ1) is 13.9. The Kier molecular flexibility index (Phi) is 3.39. The van der Waals surface area contributed by atoms with Crippen LogP contribution in [0.1, 0.15) is 15.9 Å². The van der Waals surface area contributed by atoms with Crippen LogP contribution in [-0.4, -0.2) is 20.7 Å². The zero-order chi connectivity index (χ0) is 15.7. The molecule has 5 heteroatoms. The molecule has 1 aromatic heterocycles. The third kappa shape index (κ3) is 2.22. The molecule has 110 valence electrons. The highest BCUT2D eigenvalue weighted by molar-refractivity contribution is 5.98. The summed E-state index contributed by atoms with van der Waals surface area (Å²) in [6.07, 6.45) is 0. The van der Waals surface area contributed by atoms with E-state index in [0.29, 0.717) is 10.9 Å². The SMILES string of the molecule is O=C(O)c1c(O)c2ccccc2n(Cc2ccccc2)c1=O. The van der Waals surface area contributed by atoms with Crippen LogP contribution >= 0.6 is 0 Å². The molecule has 0 saturated carbocycles. The van der Waals surface area contributed by atoms with Gasteiger partial charge in [0, 0.05) is 5.39 Å². The van der Waals surface area contributed by atoms with Gasteiger partial charge in [-0.05, 0) is 17.7 Å². The van der Waals surface area contributed by atoms with Gasteiger partial charge in [0.25, 0.3) is 5.56 Å². The van der Waals surface area contributed by atoms with Gasteiger partial charge in [-0.2, -0.15) is 0 Å². The van der Waals surface area contributed by atoms with Crippen LogP contribution in [0, 0.1) is 0 Å². The summed E-state index contributed by atoms with van der Waals surface area (Å²) >= 11 is 0. The van der Waals surface area contributed by atoms with Crippen LogP contribution in [0.15, 0.2) is 59.4 Å². The minimum absolute atomic E-state index is 0.237. The molecular weight excluding hydrogens is 282 g/mol. The van der Waals surface area contributed by atoms with Gasteiger partial charge in [0.05, 0.1) is 12.1 Å². The average molecular weight is 295 g/mol. The molecule has 3 rings (SSSR count). The number of nitrogens with zero attached hydrogens (tertiary/aromatic N) is 1. The molecule has 0 aliphatic carbocycles. The molecule has 22 heavy (non-hydrogen) atoms. The smallest absolute Gasteiger partial charge is 0.345 e. The largest absolute Gasteiger partial charge is 0.506 e. The summed E-state index contributed by atoms with van der Waals surface area (Å²) in [5.74, 6) is -1.92. The van der Waals surface area contributed by atoms with Crippen molar-refractivity contribution in [1.29, 1.82) is 0 Å². The molecule has 0 bridgehead atoms. The van der Waals surface area contributed by atoms with Gasteiger partial charge < -0.3 is 14.8 Å². The Balaban J connectivity index is 2.33. The van der Waals surface area contributed by atoms with Gasteiger partial charge in [-0.3, -0.25) is 4.79 Å². The quantitative estimate of drug-likeness (QED) is 0.778. The molecule has 3 aromatic rings. The van der Waals surface area contributed by atoms with Gasteiger partial charge in [-0.25, -0.2) is 4.79 Å². The van der Waals surface area contributed by atoms with E-state index >= 15 is 0 Å². The lowest BCUT2D eigenvalue weighted by molar-refractivity contribution is 0.0691. The number of aromatic carboxylic acids is 1. The van der Waals surface area contributed by atoms with E-state index in [2.05, 4.69) is 0 Å². The molecule has 0 fully saturated rings. The first-order valence-corrected chi connectivity index (χ1v) is 6.71. The summed E-state index contributed by atoms with van der Waals surface area (Å²) in [4.78, 5) is 23.8. The molecule has 5 nitrogen and oxygen atoms in total. The summed E-state index contributed by atoms with van der Waals surface area (Å²) in [5.41, 5.74) is 0.0535. The van der Waals surface area contributed by atoms with E-state index in [0.717, 1.165) is 5.56 Å². The highest BCUT2D eigenvalue weighted by Crippen LogP contribution is 2.26. The standard InChI is InChI=1S/C17H13NO4/c19-15-12-8-4-5-9-13(12)18(16(20)14(15)17(21)22)10-11-6-2-1-3-7-11/h1-9,19H,10H2,(H,21,22). The van der Waals surface area contributed by atoms with Gasteiger partial charge in [0.15, 0.2) is 5.56 Å². The molecule has 1 heterocycles. The highest BCUT2D eigenvalue weighted by atomic mass is 16.4. The van der Waals surface area contributed by atoms with E-state index in [1.54, 1.807) is 24.3 Å². The van der Waals surface area contributed by atoms with Crippen molar-refractivity contribution in [3.8, 4) is 5.75 Å². The van der Waals surface area contributed by atoms with Crippen LogP contribution in [0.2, 0.25) is 0 Å². The number of benzene rings is 2. The maximum atomic E-state index is 12.5. The fraction of sp³-hybridized carbons (Fsp3) is 0.0588. The molecular formula is C17H13NO4. The number of carboxylic acid groups (broad SMARTS) is 1. The first-order chi connectivity index (χ1) is 10.6. The molecule has 0 saturated heterocycles.